The van der Waals surface area contributed by atoms with Crippen molar-refractivity contribution < 1.29 is 24.5 Å². The molecule has 0 fully saturated rings. The summed E-state index contributed by atoms with van der Waals surface area (Å²) in [5.41, 5.74) is 0.780. The Morgan fingerprint density at radius 3 is 2.08 bits per heavy atom. The van der Waals surface area contributed by atoms with Gasteiger partial charge in [-0.3, -0.25) is 4.79 Å². The first-order chi connectivity index (χ1) is 12.2. The highest BCUT2D eigenvalue weighted by Gasteiger charge is 2.19. The van der Waals surface area contributed by atoms with Crippen LogP contribution < -0.4 is 10.1 Å². The normalized spacial score (nSPS) is 11.7. The Balaban J connectivity index is 2.29. The zero-order chi connectivity index (χ0) is 19.4. The highest BCUT2D eigenvalue weighted by Crippen LogP contribution is 2.36. The van der Waals surface area contributed by atoms with E-state index in [2.05, 4.69) is 50.5 Å². The zero-order valence-corrected chi connectivity index (χ0v) is 21.4. The van der Waals surface area contributed by atoms with Crippen LogP contribution in [0.2, 0.25) is 0 Å². The largest absolute Gasteiger partial charge is 0.506 e. The highest BCUT2D eigenvalue weighted by atomic mass is 127. The minimum Gasteiger partial charge on any atom is -0.506 e. The topological polar surface area (TPSA) is 95.9 Å². The van der Waals surface area contributed by atoms with E-state index in [9.17, 15) is 14.7 Å². The molecule has 0 radical (unpaired) electrons. The van der Waals surface area contributed by atoms with Gasteiger partial charge >= 0.3 is 5.97 Å². The van der Waals surface area contributed by atoms with Gasteiger partial charge in [-0.1, -0.05) is 0 Å². The van der Waals surface area contributed by atoms with E-state index in [1.54, 1.807) is 12.1 Å². The van der Waals surface area contributed by atoms with Crippen LogP contribution in [-0.4, -0.2) is 28.6 Å². The first-order valence-electron chi connectivity index (χ1n) is 6.99. The van der Waals surface area contributed by atoms with Crippen molar-refractivity contribution in [3.05, 3.63) is 44.1 Å². The smallest absolute Gasteiger partial charge is 0.326 e. The second-order valence-corrected chi connectivity index (χ2v) is 9.75. The Kier molecular flexibility index (Phi) is 8.45. The molecule has 0 aromatic heterocycles. The molecule has 0 spiro atoms. The number of ether oxygens (including phenoxy) is 1. The summed E-state index contributed by atoms with van der Waals surface area (Å²) < 4.78 is 9.00. The van der Waals surface area contributed by atoms with Gasteiger partial charge in [0.25, 0.3) is 0 Å². The first-order valence-corrected chi connectivity index (χ1v) is 11.3. The lowest BCUT2D eigenvalue weighted by molar-refractivity contribution is -0.140. The van der Waals surface area contributed by atoms with Crippen molar-refractivity contribution in [1.82, 2.24) is 5.32 Å². The van der Waals surface area contributed by atoms with Crippen molar-refractivity contribution in [3.8, 4) is 17.2 Å². The van der Waals surface area contributed by atoms with Gasteiger partial charge in [0.2, 0.25) is 6.41 Å². The number of benzene rings is 2. The highest BCUT2D eigenvalue weighted by molar-refractivity contribution is 14.1. The maximum absolute atomic E-state index is 11.2. The number of carbonyl (C=O) groups excluding carboxylic acids is 1. The number of carboxylic acid groups (broad SMARTS) is 1. The summed E-state index contributed by atoms with van der Waals surface area (Å²) in [5.74, 6) is 0.394. The van der Waals surface area contributed by atoms with Crippen LogP contribution in [0.5, 0.6) is 17.2 Å². The van der Waals surface area contributed by atoms with E-state index in [1.165, 1.54) is 0 Å². The number of hydrogen-bond donors (Lipinski definition) is 3. The number of carbonyl (C=O) groups is 2. The van der Waals surface area contributed by atoms with Crippen LogP contribution in [0, 0.1) is 14.3 Å². The molecule has 0 heterocycles. The van der Waals surface area contributed by atoms with Crippen LogP contribution in [0.15, 0.2) is 24.3 Å². The molecule has 0 aliphatic carbocycles. The Bertz CT molecular complexity index is 813. The van der Waals surface area contributed by atoms with E-state index in [-0.39, 0.29) is 12.2 Å². The Morgan fingerprint density at radius 2 is 1.62 bits per heavy atom. The second kappa shape index (κ2) is 9.90. The van der Waals surface area contributed by atoms with Gasteiger partial charge in [-0.05, 0) is 120 Å². The molecule has 0 saturated heterocycles. The Hall–Kier alpha value is -0.100. The van der Waals surface area contributed by atoms with Crippen LogP contribution in [0.4, 0.5) is 0 Å². The number of phenols is 1. The van der Waals surface area contributed by atoms with Crippen LogP contribution in [-0.2, 0) is 16.0 Å². The first kappa shape index (κ1) is 22.2. The molecule has 1 unspecified atom stereocenters. The predicted octanol–water partition coefficient (Wildman–Crippen LogP) is 4.34. The summed E-state index contributed by atoms with van der Waals surface area (Å²) >= 11 is 8.33. The summed E-state index contributed by atoms with van der Waals surface area (Å²) in [6.45, 7) is 0. The number of rotatable bonds is 7. The summed E-state index contributed by atoms with van der Waals surface area (Å²) in [5, 5.41) is 21.3. The lowest BCUT2D eigenvalue weighted by Gasteiger charge is -2.15. The summed E-state index contributed by atoms with van der Waals surface area (Å²) in [6, 6.07) is 6.17. The molecule has 0 aliphatic heterocycles. The molecule has 3 N–H and O–H groups in total. The van der Waals surface area contributed by atoms with Gasteiger partial charge < -0.3 is 20.3 Å². The van der Waals surface area contributed by atoms with Crippen molar-refractivity contribution in [2.45, 2.75) is 12.5 Å². The number of hydrogen-bond acceptors (Lipinski definition) is 4. The number of aliphatic carboxylic acids is 1. The molecule has 6 nitrogen and oxygen atoms in total. The van der Waals surface area contributed by atoms with Gasteiger partial charge in [0, 0.05) is 6.42 Å². The molecule has 26 heavy (non-hydrogen) atoms. The van der Waals surface area contributed by atoms with E-state index in [0.717, 1.165) is 12.7 Å². The molecule has 0 bridgehead atoms. The molecule has 2 rings (SSSR count). The SMILES string of the molecule is O=CNC(Cc1cc(I)c(Oc2cc(I)c(O)c(I)c2)c(I)c1)C(=O)O. The minimum atomic E-state index is -1.09. The lowest BCUT2D eigenvalue weighted by atomic mass is 10.1. The van der Waals surface area contributed by atoms with Crippen molar-refractivity contribution in [2.75, 3.05) is 0 Å². The fraction of sp³-hybridized carbons (Fsp3) is 0.125. The number of carboxylic acids is 1. The molecule has 1 amide bonds. The monoisotopic (exact) mass is 805 g/mol. The third-order valence-electron chi connectivity index (χ3n) is 3.28. The van der Waals surface area contributed by atoms with E-state index in [4.69, 9.17) is 9.84 Å². The fourth-order valence-corrected chi connectivity index (χ4v) is 5.91. The summed E-state index contributed by atoms with van der Waals surface area (Å²) in [4.78, 5) is 21.8. The van der Waals surface area contributed by atoms with Gasteiger partial charge in [-0.2, -0.15) is 0 Å². The quantitative estimate of drug-likeness (QED) is 0.286. The molecule has 0 aliphatic rings. The fourth-order valence-electron chi connectivity index (χ4n) is 2.08. The van der Waals surface area contributed by atoms with Crippen molar-refractivity contribution in [2.24, 2.45) is 0 Å². The molecule has 138 valence electrons. The molecule has 0 saturated carbocycles. The summed E-state index contributed by atoms with van der Waals surface area (Å²) in [7, 11) is 0. The average Bonchev–Trinajstić information content (AvgIpc) is 2.55. The lowest BCUT2D eigenvalue weighted by Crippen LogP contribution is -2.37. The van der Waals surface area contributed by atoms with Crippen molar-refractivity contribution in [3.63, 3.8) is 0 Å². The number of nitrogens with one attached hydrogen (secondary N) is 1. The zero-order valence-electron chi connectivity index (χ0n) is 12.8. The van der Waals surface area contributed by atoms with Crippen LogP contribution >= 0.6 is 90.4 Å². The maximum Gasteiger partial charge on any atom is 0.326 e. The number of phenolic OH excluding ortho intramolecular Hbond substituents is 1. The maximum atomic E-state index is 11.2. The van der Waals surface area contributed by atoms with E-state index >= 15 is 0 Å². The average molecular weight is 805 g/mol. The minimum absolute atomic E-state index is 0.176. The molecule has 10 heteroatoms. The third kappa shape index (κ3) is 5.70. The molecular weight excluding hydrogens is 794 g/mol. The van der Waals surface area contributed by atoms with Crippen molar-refractivity contribution >= 4 is 103 Å². The van der Waals surface area contributed by atoms with Crippen molar-refractivity contribution in [1.29, 1.82) is 0 Å². The van der Waals surface area contributed by atoms with E-state index in [1.807, 2.05) is 57.3 Å². The van der Waals surface area contributed by atoms with E-state index < -0.39 is 12.0 Å². The van der Waals surface area contributed by atoms with Crippen LogP contribution in [0.25, 0.3) is 0 Å². The molecule has 2 aromatic carbocycles. The van der Waals surface area contributed by atoms with Gasteiger partial charge in [-0.15, -0.1) is 0 Å². The van der Waals surface area contributed by atoms with Gasteiger partial charge in [0.1, 0.15) is 17.5 Å². The van der Waals surface area contributed by atoms with E-state index in [0.29, 0.717) is 25.0 Å². The standard InChI is InChI=1S/C16H11I4NO5/c17-9-4-8(5-10(18)14(9)23)26-15-11(19)1-7(2-12(15)20)3-13(16(24)25)21-6-22/h1-2,4-6,13,23H,3H2,(H,21,22)(H,24,25). The van der Waals surface area contributed by atoms with Gasteiger partial charge in [0.05, 0.1) is 14.3 Å². The van der Waals surface area contributed by atoms with Crippen LogP contribution in [0.3, 0.4) is 0 Å². The molecule has 1 atom stereocenters. The summed E-state index contributed by atoms with van der Waals surface area (Å²) in [6.07, 6.45) is 0.565. The number of amides is 1. The van der Waals surface area contributed by atoms with Gasteiger partial charge in [0.15, 0.2) is 5.75 Å². The Labute approximate surface area is 204 Å². The van der Waals surface area contributed by atoms with Gasteiger partial charge in [-0.25, -0.2) is 4.79 Å². The van der Waals surface area contributed by atoms with Crippen LogP contribution in [0.1, 0.15) is 5.56 Å². The Morgan fingerprint density at radius 1 is 1.08 bits per heavy atom. The third-order valence-corrected chi connectivity index (χ3v) is 6.52. The second-order valence-electron chi connectivity index (χ2n) is 5.11. The number of aromatic hydroxyl groups is 1. The number of halogens is 4. The molecule has 2 aromatic rings. The molecular formula is C16H11I4NO5. The predicted molar refractivity (Wildman–Crippen MR) is 130 cm³/mol.